The summed E-state index contributed by atoms with van der Waals surface area (Å²) in [5.74, 6) is 2.29. The number of likely N-dealkylation sites (N-methyl/N-ethyl adjacent to an activating group) is 1. The summed E-state index contributed by atoms with van der Waals surface area (Å²) in [6, 6.07) is 7.70. The summed E-state index contributed by atoms with van der Waals surface area (Å²) in [6.45, 7) is 7.24. The molecule has 1 aromatic carbocycles. The first-order valence-electron chi connectivity index (χ1n) is 10.6. The van der Waals surface area contributed by atoms with Gasteiger partial charge in [-0.05, 0) is 63.7 Å². The van der Waals surface area contributed by atoms with Gasteiger partial charge in [0.15, 0.2) is 11.7 Å². The number of nitrogens with two attached hydrogens (primary N) is 1. The molecule has 1 saturated heterocycles. The summed E-state index contributed by atoms with van der Waals surface area (Å²) in [5.41, 5.74) is 7.55. The monoisotopic (exact) mass is 385 g/mol. The molecular weight excluding hydrogens is 350 g/mol. The minimum absolute atomic E-state index is 0.0803. The van der Waals surface area contributed by atoms with Crippen molar-refractivity contribution in [1.29, 1.82) is 0 Å². The molecule has 1 aliphatic heterocycles. The number of carbonyl (C=O) groups excluding carboxylic acids is 1. The molecule has 2 unspecified atom stereocenters. The van der Waals surface area contributed by atoms with Crippen LogP contribution in [0.3, 0.4) is 0 Å². The number of hydrogen-bond donors (Lipinski definition) is 2. The standard InChI is InChI=1S/C22H35N5O/c1-17(28)20-7-4-8-21(14-20)25-22(27-11-9-26(2)10-12-27)24-16-19-6-3-5-18(13-19)15-23/h4,7-8,14,18-19H,3,5-6,9-13,15-16,23H2,1-2H3,(H,24,25). The highest BCUT2D eigenvalue weighted by Gasteiger charge is 2.22. The molecule has 2 fully saturated rings. The van der Waals surface area contributed by atoms with E-state index in [2.05, 4.69) is 22.2 Å². The average Bonchev–Trinajstić information content (AvgIpc) is 2.72. The number of carbonyl (C=O) groups is 1. The van der Waals surface area contributed by atoms with E-state index in [1.807, 2.05) is 24.3 Å². The maximum Gasteiger partial charge on any atom is 0.198 e. The van der Waals surface area contributed by atoms with E-state index < -0.39 is 0 Å². The average molecular weight is 386 g/mol. The Balaban J connectivity index is 1.73. The van der Waals surface area contributed by atoms with E-state index in [1.165, 1.54) is 25.7 Å². The van der Waals surface area contributed by atoms with Gasteiger partial charge in [0.25, 0.3) is 0 Å². The van der Waals surface area contributed by atoms with Crippen LogP contribution < -0.4 is 11.1 Å². The second kappa shape index (κ2) is 10.0. The van der Waals surface area contributed by atoms with E-state index >= 15 is 0 Å². The summed E-state index contributed by atoms with van der Waals surface area (Å²) in [5, 5.41) is 3.50. The highest BCUT2D eigenvalue weighted by molar-refractivity contribution is 5.98. The number of guanidine groups is 1. The lowest BCUT2D eigenvalue weighted by molar-refractivity contribution is 0.101. The number of anilines is 1. The van der Waals surface area contributed by atoms with Gasteiger partial charge in [-0.3, -0.25) is 9.79 Å². The van der Waals surface area contributed by atoms with Gasteiger partial charge < -0.3 is 20.9 Å². The van der Waals surface area contributed by atoms with E-state index in [-0.39, 0.29) is 5.78 Å². The van der Waals surface area contributed by atoms with Crippen molar-refractivity contribution in [3.05, 3.63) is 29.8 Å². The quantitative estimate of drug-likeness (QED) is 0.463. The molecule has 0 radical (unpaired) electrons. The number of rotatable bonds is 5. The van der Waals surface area contributed by atoms with Gasteiger partial charge in [-0.15, -0.1) is 0 Å². The van der Waals surface area contributed by atoms with Gasteiger partial charge in [0.1, 0.15) is 0 Å². The van der Waals surface area contributed by atoms with E-state index in [0.717, 1.165) is 56.5 Å². The third-order valence-electron chi connectivity index (χ3n) is 6.05. The topological polar surface area (TPSA) is 74.0 Å². The molecule has 2 atom stereocenters. The van der Waals surface area contributed by atoms with Crippen LogP contribution in [0.25, 0.3) is 0 Å². The maximum atomic E-state index is 11.7. The maximum absolute atomic E-state index is 11.7. The SMILES string of the molecule is CC(=O)c1cccc(NC(=NCC2CCCC(CN)C2)N2CCN(C)CC2)c1. The molecule has 1 aromatic rings. The minimum atomic E-state index is 0.0803. The van der Waals surface area contributed by atoms with Crippen LogP contribution in [0.4, 0.5) is 5.69 Å². The van der Waals surface area contributed by atoms with E-state index in [9.17, 15) is 4.79 Å². The molecule has 28 heavy (non-hydrogen) atoms. The Morgan fingerprint density at radius 1 is 1.21 bits per heavy atom. The highest BCUT2D eigenvalue weighted by atomic mass is 16.1. The zero-order valence-corrected chi connectivity index (χ0v) is 17.4. The zero-order chi connectivity index (χ0) is 19.9. The first-order chi connectivity index (χ1) is 13.5. The Morgan fingerprint density at radius 3 is 2.68 bits per heavy atom. The van der Waals surface area contributed by atoms with Crippen molar-refractivity contribution in [3.63, 3.8) is 0 Å². The molecule has 6 heteroatoms. The van der Waals surface area contributed by atoms with Crippen molar-refractivity contribution in [3.8, 4) is 0 Å². The van der Waals surface area contributed by atoms with Crippen LogP contribution in [-0.4, -0.2) is 67.9 Å². The van der Waals surface area contributed by atoms with Crippen molar-refractivity contribution in [2.24, 2.45) is 22.6 Å². The summed E-state index contributed by atoms with van der Waals surface area (Å²) in [7, 11) is 2.16. The molecule has 3 rings (SSSR count). The van der Waals surface area contributed by atoms with Gasteiger partial charge in [0.2, 0.25) is 0 Å². The number of nitrogens with one attached hydrogen (secondary N) is 1. The van der Waals surface area contributed by atoms with Gasteiger partial charge in [-0.2, -0.15) is 0 Å². The highest BCUT2D eigenvalue weighted by Crippen LogP contribution is 2.28. The molecule has 154 valence electrons. The summed E-state index contributed by atoms with van der Waals surface area (Å²) >= 11 is 0. The molecular formula is C22H35N5O. The lowest BCUT2D eigenvalue weighted by Crippen LogP contribution is -2.49. The molecule has 0 spiro atoms. The van der Waals surface area contributed by atoms with E-state index in [1.54, 1.807) is 6.92 Å². The van der Waals surface area contributed by atoms with Gasteiger partial charge in [0.05, 0.1) is 0 Å². The number of Topliss-reactive ketones (excluding diaryl/α,β-unsaturated/α-hetero) is 1. The Morgan fingerprint density at radius 2 is 1.96 bits per heavy atom. The third-order valence-corrected chi connectivity index (χ3v) is 6.05. The molecule has 2 aliphatic rings. The van der Waals surface area contributed by atoms with Gasteiger partial charge >= 0.3 is 0 Å². The van der Waals surface area contributed by atoms with Gasteiger partial charge in [-0.1, -0.05) is 18.6 Å². The number of piperazine rings is 1. The van der Waals surface area contributed by atoms with Crippen molar-refractivity contribution in [1.82, 2.24) is 9.80 Å². The van der Waals surface area contributed by atoms with E-state index in [4.69, 9.17) is 10.7 Å². The molecule has 1 heterocycles. The van der Waals surface area contributed by atoms with Crippen LogP contribution in [0.5, 0.6) is 0 Å². The fraction of sp³-hybridized carbons (Fsp3) is 0.636. The van der Waals surface area contributed by atoms with Crippen LogP contribution >= 0.6 is 0 Å². The number of aliphatic imine (C=N–C) groups is 1. The fourth-order valence-corrected chi connectivity index (χ4v) is 4.18. The van der Waals surface area contributed by atoms with Crippen LogP contribution in [0.15, 0.2) is 29.3 Å². The second-order valence-corrected chi connectivity index (χ2v) is 8.35. The molecule has 0 bridgehead atoms. The fourth-order valence-electron chi connectivity index (χ4n) is 4.18. The molecule has 0 aromatic heterocycles. The summed E-state index contributed by atoms with van der Waals surface area (Å²) < 4.78 is 0. The predicted molar refractivity (Wildman–Crippen MR) is 116 cm³/mol. The smallest absolute Gasteiger partial charge is 0.198 e. The largest absolute Gasteiger partial charge is 0.340 e. The lowest BCUT2D eigenvalue weighted by Gasteiger charge is -2.35. The molecule has 3 N–H and O–H groups in total. The minimum Gasteiger partial charge on any atom is -0.340 e. The molecule has 1 saturated carbocycles. The first kappa shape index (κ1) is 20.8. The van der Waals surface area contributed by atoms with Crippen molar-refractivity contribution < 1.29 is 4.79 Å². The first-order valence-corrected chi connectivity index (χ1v) is 10.6. The van der Waals surface area contributed by atoms with Crippen LogP contribution in [0.1, 0.15) is 43.0 Å². The second-order valence-electron chi connectivity index (χ2n) is 8.35. The Labute approximate surface area is 169 Å². The van der Waals surface area contributed by atoms with Crippen molar-refractivity contribution >= 4 is 17.4 Å². The van der Waals surface area contributed by atoms with Crippen LogP contribution in [0.2, 0.25) is 0 Å². The molecule has 0 amide bonds. The van der Waals surface area contributed by atoms with E-state index in [0.29, 0.717) is 11.8 Å². The van der Waals surface area contributed by atoms with Crippen LogP contribution in [-0.2, 0) is 0 Å². The molecule has 6 nitrogen and oxygen atoms in total. The Hall–Kier alpha value is -1.92. The van der Waals surface area contributed by atoms with Crippen molar-refractivity contribution in [2.75, 3.05) is 51.6 Å². The summed E-state index contributed by atoms with van der Waals surface area (Å²) in [4.78, 5) is 21.4. The van der Waals surface area contributed by atoms with Crippen molar-refractivity contribution in [2.45, 2.75) is 32.6 Å². The zero-order valence-electron chi connectivity index (χ0n) is 17.4. The third kappa shape index (κ3) is 5.79. The number of ketones is 1. The number of hydrogen-bond acceptors (Lipinski definition) is 4. The van der Waals surface area contributed by atoms with Gasteiger partial charge in [0, 0.05) is 44.0 Å². The lowest BCUT2D eigenvalue weighted by atomic mass is 9.81. The normalized spacial score (nSPS) is 24.2. The predicted octanol–water partition coefficient (Wildman–Crippen LogP) is 2.67. The number of nitrogens with zero attached hydrogens (tertiary/aromatic N) is 3. The van der Waals surface area contributed by atoms with Gasteiger partial charge in [-0.25, -0.2) is 0 Å². The number of benzene rings is 1. The Bertz CT molecular complexity index is 681. The summed E-state index contributed by atoms with van der Waals surface area (Å²) in [6.07, 6.45) is 4.96. The van der Waals surface area contributed by atoms with Crippen LogP contribution in [0, 0.1) is 11.8 Å². The molecule has 1 aliphatic carbocycles. The Kier molecular flexibility index (Phi) is 7.45.